The molecule has 0 rings (SSSR count). The molecule has 5 heteroatoms. The van der Waals surface area contributed by atoms with Gasteiger partial charge in [-0.25, -0.2) is 4.79 Å². The van der Waals surface area contributed by atoms with E-state index >= 15 is 0 Å². The Hall–Kier alpha value is -1.36. The van der Waals surface area contributed by atoms with Crippen molar-refractivity contribution in [3.05, 3.63) is 11.6 Å². The summed E-state index contributed by atoms with van der Waals surface area (Å²) in [5.74, 6) is -0.730. The molecule has 5 nitrogen and oxygen atoms in total. The van der Waals surface area contributed by atoms with Gasteiger partial charge in [0.25, 0.3) is 0 Å². The second-order valence-corrected chi connectivity index (χ2v) is 3.17. The van der Waals surface area contributed by atoms with Crippen LogP contribution in [-0.4, -0.2) is 43.5 Å². The third kappa shape index (κ3) is 5.85. The van der Waals surface area contributed by atoms with Crippen molar-refractivity contribution in [1.82, 2.24) is 4.90 Å². The summed E-state index contributed by atoms with van der Waals surface area (Å²) in [6.07, 6.45) is 1.72. The molecule has 86 valence electrons. The highest BCUT2D eigenvalue weighted by atomic mass is 16.5. The van der Waals surface area contributed by atoms with Crippen molar-refractivity contribution in [2.24, 2.45) is 5.73 Å². The zero-order valence-corrected chi connectivity index (χ0v) is 9.45. The van der Waals surface area contributed by atoms with E-state index in [-0.39, 0.29) is 18.4 Å². The van der Waals surface area contributed by atoms with Crippen LogP contribution in [0.15, 0.2) is 11.6 Å². The Morgan fingerprint density at radius 1 is 1.47 bits per heavy atom. The maximum absolute atomic E-state index is 11.0. The van der Waals surface area contributed by atoms with E-state index in [2.05, 4.69) is 4.74 Å². The van der Waals surface area contributed by atoms with Crippen LogP contribution >= 0.6 is 0 Å². The van der Waals surface area contributed by atoms with Gasteiger partial charge in [0.05, 0.1) is 13.7 Å². The molecule has 2 N–H and O–H groups in total. The minimum Gasteiger partial charge on any atom is -0.466 e. The van der Waals surface area contributed by atoms with Gasteiger partial charge in [0.1, 0.15) is 0 Å². The standard InChI is InChI=1S/C10H18N2O3/c1-4-12(7-9(11)13)6-5-8(2)10(14)15-3/h5H,4,6-7H2,1-3H3,(H2,11,13)/b8-5-. The monoisotopic (exact) mass is 214 g/mol. The van der Waals surface area contributed by atoms with Crippen molar-refractivity contribution in [3.8, 4) is 0 Å². The van der Waals surface area contributed by atoms with Gasteiger partial charge in [-0.1, -0.05) is 13.0 Å². The molecule has 0 aliphatic rings. The normalized spacial score (nSPS) is 11.6. The lowest BCUT2D eigenvalue weighted by molar-refractivity contribution is -0.136. The molecule has 1 amide bonds. The summed E-state index contributed by atoms with van der Waals surface area (Å²) < 4.78 is 4.54. The van der Waals surface area contributed by atoms with E-state index in [4.69, 9.17) is 5.73 Å². The van der Waals surface area contributed by atoms with Crippen LogP contribution in [0.25, 0.3) is 0 Å². The number of hydrogen-bond acceptors (Lipinski definition) is 4. The summed E-state index contributed by atoms with van der Waals surface area (Å²) in [4.78, 5) is 23.5. The molecule has 0 aliphatic heterocycles. The first-order valence-corrected chi connectivity index (χ1v) is 4.77. The number of carbonyl (C=O) groups excluding carboxylic acids is 2. The largest absolute Gasteiger partial charge is 0.466 e. The van der Waals surface area contributed by atoms with Crippen molar-refractivity contribution >= 4 is 11.9 Å². The molecular weight excluding hydrogens is 196 g/mol. The molecule has 0 unspecified atom stereocenters. The number of carbonyl (C=O) groups is 2. The van der Waals surface area contributed by atoms with Crippen molar-refractivity contribution in [2.45, 2.75) is 13.8 Å². The first-order chi connectivity index (χ1) is 7.01. The molecule has 0 aromatic heterocycles. The lowest BCUT2D eigenvalue weighted by atomic mass is 10.3. The summed E-state index contributed by atoms with van der Waals surface area (Å²) in [5, 5.41) is 0. The van der Waals surface area contributed by atoms with Crippen LogP contribution in [0.1, 0.15) is 13.8 Å². The third-order valence-electron chi connectivity index (χ3n) is 1.99. The Kier molecular flexibility index (Phi) is 6.37. The summed E-state index contributed by atoms with van der Waals surface area (Å²) in [6.45, 7) is 5.00. The quantitative estimate of drug-likeness (QED) is 0.495. The number of nitrogens with zero attached hydrogens (tertiary/aromatic N) is 1. The molecule has 0 radical (unpaired) electrons. The third-order valence-corrected chi connectivity index (χ3v) is 1.99. The first kappa shape index (κ1) is 13.6. The summed E-state index contributed by atoms with van der Waals surface area (Å²) in [5.41, 5.74) is 5.60. The van der Waals surface area contributed by atoms with Crippen molar-refractivity contribution in [3.63, 3.8) is 0 Å². The number of nitrogens with two attached hydrogens (primary N) is 1. The molecule has 15 heavy (non-hydrogen) atoms. The van der Waals surface area contributed by atoms with Crippen LogP contribution in [0.5, 0.6) is 0 Å². The fourth-order valence-corrected chi connectivity index (χ4v) is 1.04. The van der Waals surface area contributed by atoms with Crippen LogP contribution in [0, 0.1) is 0 Å². The minimum atomic E-state index is -0.374. The van der Waals surface area contributed by atoms with E-state index in [1.807, 2.05) is 11.8 Å². The van der Waals surface area contributed by atoms with Crippen LogP contribution in [0.3, 0.4) is 0 Å². The highest BCUT2D eigenvalue weighted by Crippen LogP contribution is 1.97. The van der Waals surface area contributed by atoms with E-state index in [1.54, 1.807) is 13.0 Å². The molecule has 0 bridgehead atoms. The predicted molar refractivity (Wildman–Crippen MR) is 57.1 cm³/mol. The summed E-state index contributed by atoms with van der Waals surface area (Å²) >= 11 is 0. The fourth-order valence-electron chi connectivity index (χ4n) is 1.04. The van der Waals surface area contributed by atoms with E-state index in [0.29, 0.717) is 18.7 Å². The average Bonchev–Trinajstić information content (AvgIpc) is 2.21. The van der Waals surface area contributed by atoms with E-state index in [9.17, 15) is 9.59 Å². The summed E-state index contributed by atoms with van der Waals surface area (Å²) in [7, 11) is 1.33. The number of hydrogen-bond donors (Lipinski definition) is 1. The maximum atomic E-state index is 11.0. The molecule has 0 aromatic carbocycles. The molecule has 0 heterocycles. The maximum Gasteiger partial charge on any atom is 0.333 e. The van der Waals surface area contributed by atoms with E-state index in [0.717, 1.165) is 0 Å². The van der Waals surface area contributed by atoms with Gasteiger partial charge in [-0.3, -0.25) is 9.69 Å². The Bertz CT molecular complexity index is 261. The predicted octanol–water partition coefficient (Wildman–Crippen LogP) is -0.0871. The lowest BCUT2D eigenvalue weighted by Gasteiger charge is -2.16. The van der Waals surface area contributed by atoms with Gasteiger partial charge in [0, 0.05) is 12.1 Å². The fraction of sp³-hybridized carbons (Fsp3) is 0.600. The van der Waals surface area contributed by atoms with Crippen LogP contribution in [-0.2, 0) is 14.3 Å². The second kappa shape index (κ2) is 7.00. The van der Waals surface area contributed by atoms with Crippen LogP contribution < -0.4 is 5.73 Å². The number of rotatable bonds is 6. The topological polar surface area (TPSA) is 72.6 Å². The highest BCUT2D eigenvalue weighted by molar-refractivity contribution is 5.87. The van der Waals surface area contributed by atoms with E-state index < -0.39 is 0 Å². The van der Waals surface area contributed by atoms with Gasteiger partial charge in [0.15, 0.2) is 0 Å². The average molecular weight is 214 g/mol. The van der Waals surface area contributed by atoms with Gasteiger partial charge in [-0.2, -0.15) is 0 Å². The Morgan fingerprint density at radius 3 is 2.47 bits per heavy atom. The number of esters is 1. The van der Waals surface area contributed by atoms with Crippen LogP contribution in [0.4, 0.5) is 0 Å². The van der Waals surface area contributed by atoms with Crippen molar-refractivity contribution < 1.29 is 14.3 Å². The molecule has 0 atom stereocenters. The van der Waals surface area contributed by atoms with Gasteiger partial charge >= 0.3 is 5.97 Å². The lowest BCUT2D eigenvalue weighted by Crippen LogP contribution is -2.33. The molecule has 0 fully saturated rings. The van der Waals surface area contributed by atoms with Gasteiger partial charge in [-0.05, 0) is 13.5 Å². The molecule has 0 aromatic rings. The second-order valence-electron chi connectivity index (χ2n) is 3.17. The molecule has 0 spiro atoms. The Morgan fingerprint density at radius 2 is 2.07 bits per heavy atom. The SMILES string of the molecule is CCN(C/C=C(/C)C(=O)OC)CC(N)=O. The van der Waals surface area contributed by atoms with E-state index in [1.165, 1.54) is 7.11 Å². The summed E-state index contributed by atoms with van der Waals surface area (Å²) in [6, 6.07) is 0. The number of likely N-dealkylation sites (N-methyl/N-ethyl adjacent to an activating group) is 1. The number of ether oxygens (including phenoxy) is 1. The number of primary amides is 1. The molecular formula is C10H18N2O3. The van der Waals surface area contributed by atoms with Crippen LogP contribution in [0.2, 0.25) is 0 Å². The Labute approximate surface area is 89.9 Å². The zero-order chi connectivity index (χ0) is 11.8. The number of methoxy groups -OCH3 is 1. The van der Waals surface area contributed by atoms with Crippen molar-refractivity contribution in [1.29, 1.82) is 0 Å². The van der Waals surface area contributed by atoms with Gasteiger partial charge in [-0.15, -0.1) is 0 Å². The van der Waals surface area contributed by atoms with Crippen molar-refractivity contribution in [2.75, 3.05) is 26.7 Å². The first-order valence-electron chi connectivity index (χ1n) is 4.77. The number of amides is 1. The highest BCUT2D eigenvalue weighted by Gasteiger charge is 2.06. The Balaban J connectivity index is 4.19. The zero-order valence-electron chi connectivity index (χ0n) is 9.45. The van der Waals surface area contributed by atoms with Gasteiger partial charge in [0.2, 0.25) is 5.91 Å². The smallest absolute Gasteiger partial charge is 0.333 e. The molecule has 0 saturated heterocycles. The van der Waals surface area contributed by atoms with Gasteiger partial charge < -0.3 is 10.5 Å². The molecule has 0 aliphatic carbocycles. The molecule has 0 saturated carbocycles. The minimum absolute atomic E-state index is 0.196.